The maximum atomic E-state index is 12.0. The minimum atomic E-state index is -1.05. The third-order valence-electron chi connectivity index (χ3n) is 3.43. The molecule has 0 saturated carbocycles. The van der Waals surface area contributed by atoms with Gasteiger partial charge in [0.1, 0.15) is 6.54 Å². The van der Waals surface area contributed by atoms with Gasteiger partial charge in [-0.3, -0.25) is 24.6 Å². The maximum Gasteiger partial charge on any atom is 0.334 e. The van der Waals surface area contributed by atoms with Crippen molar-refractivity contribution in [3.8, 4) is 0 Å². The molecular weight excluding hydrogens is 316 g/mol. The first kappa shape index (κ1) is 19.6. The summed E-state index contributed by atoms with van der Waals surface area (Å²) in [6.45, 7) is 5.75. The molecule has 0 aliphatic carbocycles. The summed E-state index contributed by atoms with van der Waals surface area (Å²) in [5, 5.41) is 4.53. The Morgan fingerprint density at radius 3 is 2.29 bits per heavy atom. The average molecular weight is 340 g/mol. The Labute approximate surface area is 140 Å². The Kier molecular flexibility index (Phi) is 7.34. The van der Waals surface area contributed by atoms with Crippen molar-refractivity contribution >= 4 is 29.8 Å². The maximum absolute atomic E-state index is 12.0. The average Bonchev–Trinajstić information content (AvgIpc) is 2.69. The van der Waals surface area contributed by atoms with E-state index in [1.165, 1.54) is 0 Å². The van der Waals surface area contributed by atoms with E-state index in [4.69, 9.17) is 0 Å². The van der Waals surface area contributed by atoms with Crippen molar-refractivity contribution < 1.29 is 24.0 Å². The highest BCUT2D eigenvalue weighted by atomic mass is 16.2. The van der Waals surface area contributed by atoms with Gasteiger partial charge in [0.15, 0.2) is 0 Å². The smallest absolute Gasteiger partial charge is 0.334 e. The van der Waals surface area contributed by atoms with Gasteiger partial charge in [-0.2, -0.15) is 0 Å². The Bertz CT molecular complexity index is 532. The fraction of sp³-hybridized carbons (Fsp3) is 0.667. The number of rotatable bonds is 8. The van der Waals surface area contributed by atoms with Gasteiger partial charge in [-0.15, -0.1) is 0 Å². The number of hydrogen-bond acceptors (Lipinski definition) is 5. The first-order valence-corrected chi connectivity index (χ1v) is 8.02. The molecule has 24 heavy (non-hydrogen) atoms. The molecule has 0 spiro atoms. The van der Waals surface area contributed by atoms with E-state index in [1.54, 1.807) is 0 Å². The number of nitrogens with one attached hydrogen (secondary N) is 2. The van der Waals surface area contributed by atoms with Crippen molar-refractivity contribution in [2.75, 3.05) is 19.6 Å². The van der Waals surface area contributed by atoms with Gasteiger partial charge in [0.2, 0.25) is 5.91 Å². The van der Waals surface area contributed by atoms with Gasteiger partial charge >= 0.3 is 23.9 Å². The number of carbonyl (C=O) groups is 5. The van der Waals surface area contributed by atoms with Gasteiger partial charge in [-0.05, 0) is 18.8 Å². The standard InChI is InChI=1S/C15H24N4O5/c1-4-5-8-18-12(21)13(22)19(15(18)24)9-11(20)17-14(23)16-7-6-10(2)3/h10H,4-9H2,1-3H3,(H2,16,17,20,23). The molecule has 0 aromatic carbocycles. The van der Waals surface area contributed by atoms with Crippen LogP contribution in [0.25, 0.3) is 0 Å². The van der Waals surface area contributed by atoms with E-state index in [2.05, 4.69) is 5.32 Å². The topological polar surface area (TPSA) is 116 Å². The van der Waals surface area contributed by atoms with Crippen molar-refractivity contribution in [1.82, 2.24) is 20.4 Å². The number of urea groups is 2. The molecule has 1 aliphatic rings. The molecule has 1 rings (SSSR count). The summed E-state index contributed by atoms with van der Waals surface area (Å²) in [7, 11) is 0. The fourth-order valence-electron chi connectivity index (χ4n) is 2.03. The van der Waals surface area contributed by atoms with E-state index in [0.29, 0.717) is 23.8 Å². The molecular formula is C15H24N4O5. The first-order valence-electron chi connectivity index (χ1n) is 8.02. The lowest BCUT2D eigenvalue weighted by Gasteiger charge is -2.15. The lowest BCUT2D eigenvalue weighted by Crippen LogP contribution is -2.46. The van der Waals surface area contributed by atoms with E-state index in [1.807, 2.05) is 26.1 Å². The van der Waals surface area contributed by atoms with Crippen molar-refractivity contribution in [3.63, 3.8) is 0 Å². The van der Waals surface area contributed by atoms with Crippen LogP contribution < -0.4 is 10.6 Å². The lowest BCUT2D eigenvalue weighted by molar-refractivity contribution is -0.143. The van der Waals surface area contributed by atoms with Crippen LogP contribution >= 0.6 is 0 Å². The van der Waals surface area contributed by atoms with Gasteiger partial charge < -0.3 is 5.32 Å². The Hall–Kier alpha value is -2.45. The zero-order chi connectivity index (χ0) is 18.3. The van der Waals surface area contributed by atoms with Gasteiger partial charge in [0.25, 0.3) is 0 Å². The number of amides is 7. The van der Waals surface area contributed by atoms with Gasteiger partial charge in [0, 0.05) is 13.1 Å². The highest BCUT2D eigenvalue weighted by Gasteiger charge is 2.44. The Morgan fingerprint density at radius 2 is 1.71 bits per heavy atom. The largest absolute Gasteiger partial charge is 0.338 e. The molecule has 2 N–H and O–H groups in total. The second-order valence-corrected chi connectivity index (χ2v) is 5.97. The summed E-state index contributed by atoms with van der Waals surface area (Å²) >= 11 is 0. The molecule has 1 fully saturated rings. The van der Waals surface area contributed by atoms with E-state index in [0.717, 1.165) is 17.7 Å². The lowest BCUT2D eigenvalue weighted by atomic mass is 10.1. The predicted molar refractivity (Wildman–Crippen MR) is 84.7 cm³/mol. The van der Waals surface area contributed by atoms with Crippen molar-refractivity contribution in [2.45, 2.75) is 40.0 Å². The van der Waals surface area contributed by atoms with Crippen LogP contribution in [0.3, 0.4) is 0 Å². The molecule has 0 unspecified atom stereocenters. The molecule has 9 heteroatoms. The van der Waals surface area contributed by atoms with E-state index < -0.39 is 36.3 Å². The Balaban J connectivity index is 2.51. The number of nitrogens with zero attached hydrogens (tertiary/aromatic N) is 2. The summed E-state index contributed by atoms with van der Waals surface area (Å²) in [6.07, 6.45) is 2.08. The zero-order valence-corrected chi connectivity index (χ0v) is 14.3. The molecule has 0 bridgehead atoms. The summed E-state index contributed by atoms with van der Waals surface area (Å²) in [5.74, 6) is -2.42. The van der Waals surface area contributed by atoms with Crippen molar-refractivity contribution in [3.05, 3.63) is 0 Å². The monoisotopic (exact) mass is 340 g/mol. The van der Waals surface area contributed by atoms with Crippen LogP contribution in [0, 0.1) is 5.92 Å². The van der Waals surface area contributed by atoms with Gasteiger partial charge in [0.05, 0.1) is 0 Å². The molecule has 1 heterocycles. The predicted octanol–water partition coefficient (Wildman–Crippen LogP) is 0.449. The van der Waals surface area contributed by atoms with Crippen molar-refractivity contribution in [1.29, 1.82) is 0 Å². The van der Waals surface area contributed by atoms with Crippen LogP contribution in [0.2, 0.25) is 0 Å². The number of hydrogen-bond donors (Lipinski definition) is 2. The summed E-state index contributed by atoms with van der Waals surface area (Å²) < 4.78 is 0. The van der Waals surface area contributed by atoms with E-state index in [9.17, 15) is 24.0 Å². The highest BCUT2D eigenvalue weighted by Crippen LogP contribution is 2.12. The normalized spacial score (nSPS) is 14.6. The van der Waals surface area contributed by atoms with E-state index >= 15 is 0 Å². The molecule has 7 amide bonds. The molecule has 0 radical (unpaired) electrons. The van der Waals surface area contributed by atoms with Crippen LogP contribution in [-0.4, -0.2) is 59.2 Å². The SMILES string of the molecule is CCCCN1C(=O)C(=O)N(CC(=O)NC(=O)NCCC(C)C)C1=O. The molecule has 0 aromatic rings. The van der Waals surface area contributed by atoms with Crippen LogP contribution in [-0.2, 0) is 14.4 Å². The minimum Gasteiger partial charge on any atom is -0.338 e. The molecule has 9 nitrogen and oxygen atoms in total. The highest BCUT2D eigenvalue weighted by molar-refractivity contribution is 6.45. The van der Waals surface area contributed by atoms with Crippen LogP contribution in [0.1, 0.15) is 40.0 Å². The zero-order valence-electron chi connectivity index (χ0n) is 14.3. The number of imide groups is 3. The second kappa shape index (κ2) is 8.99. The van der Waals surface area contributed by atoms with Crippen molar-refractivity contribution in [2.24, 2.45) is 5.92 Å². The minimum absolute atomic E-state index is 0.133. The fourth-order valence-corrected chi connectivity index (χ4v) is 2.03. The summed E-state index contributed by atoms with van der Waals surface area (Å²) in [5.41, 5.74) is 0. The number of unbranched alkanes of at least 4 members (excludes halogenated alkanes) is 1. The van der Waals surface area contributed by atoms with Crippen LogP contribution in [0.15, 0.2) is 0 Å². The second-order valence-electron chi connectivity index (χ2n) is 5.97. The van der Waals surface area contributed by atoms with Gasteiger partial charge in [-0.25, -0.2) is 14.5 Å². The summed E-state index contributed by atoms with van der Waals surface area (Å²) in [6, 6.07) is -1.53. The molecule has 0 atom stereocenters. The van der Waals surface area contributed by atoms with E-state index in [-0.39, 0.29) is 6.54 Å². The first-order chi connectivity index (χ1) is 11.3. The van der Waals surface area contributed by atoms with Gasteiger partial charge in [-0.1, -0.05) is 27.2 Å². The molecule has 1 aliphatic heterocycles. The molecule has 134 valence electrons. The molecule has 1 saturated heterocycles. The quantitative estimate of drug-likeness (QED) is 0.491. The summed E-state index contributed by atoms with van der Waals surface area (Å²) in [4.78, 5) is 60.2. The third kappa shape index (κ3) is 5.32. The van der Waals surface area contributed by atoms with Crippen LogP contribution in [0.5, 0.6) is 0 Å². The van der Waals surface area contributed by atoms with Crippen LogP contribution in [0.4, 0.5) is 9.59 Å². The Morgan fingerprint density at radius 1 is 1.08 bits per heavy atom. The third-order valence-corrected chi connectivity index (χ3v) is 3.43. The molecule has 0 aromatic heterocycles. The number of carbonyl (C=O) groups excluding carboxylic acids is 5.